The predicted molar refractivity (Wildman–Crippen MR) is 140 cm³/mol. The topological polar surface area (TPSA) is 61.9 Å². The van der Waals surface area contributed by atoms with Gasteiger partial charge in [-0.05, 0) is 53.1 Å². The van der Waals surface area contributed by atoms with Crippen LogP contribution < -0.4 is 5.32 Å². The van der Waals surface area contributed by atoms with Crippen molar-refractivity contribution < 1.29 is 13.6 Å². The Bertz CT molecular complexity index is 1440. The highest BCUT2D eigenvalue weighted by Gasteiger charge is 2.27. The molecule has 1 aliphatic rings. The molecule has 1 atom stereocenters. The molecule has 2 amide bonds. The van der Waals surface area contributed by atoms with Crippen molar-refractivity contribution in [2.75, 3.05) is 13.1 Å². The molecule has 5 aromatic rings. The number of benzene rings is 3. The van der Waals surface area contributed by atoms with E-state index >= 15 is 0 Å². The molecule has 3 aromatic carbocycles. The number of furan rings is 2. The molecule has 182 valence electrons. The minimum atomic E-state index is -0.107. The number of nitrogens with zero attached hydrogens (tertiary/aromatic N) is 2. The van der Waals surface area contributed by atoms with Crippen LogP contribution in [0.4, 0.5) is 4.79 Å². The highest BCUT2D eigenvalue weighted by Crippen LogP contribution is 2.22. The van der Waals surface area contributed by atoms with E-state index in [-0.39, 0.29) is 12.1 Å². The molecule has 6 rings (SSSR count). The molecule has 0 bridgehead atoms. The Labute approximate surface area is 210 Å². The van der Waals surface area contributed by atoms with Gasteiger partial charge >= 0.3 is 6.03 Å². The minimum absolute atomic E-state index is 0.104. The number of fused-ring (bicyclic) bond motifs is 2. The van der Waals surface area contributed by atoms with Gasteiger partial charge in [-0.2, -0.15) is 0 Å². The SMILES string of the molecule is O=C(NC1CCN(Cc2ccc3ccccc3c2)C1)N(Cc1ccco1)Cc1cc2ccccc2o1. The van der Waals surface area contributed by atoms with Crippen LogP contribution in [-0.4, -0.2) is 35.0 Å². The van der Waals surface area contributed by atoms with E-state index in [0.29, 0.717) is 13.1 Å². The molecule has 2 aromatic heterocycles. The van der Waals surface area contributed by atoms with E-state index < -0.39 is 0 Å². The van der Waals surface area contributed by atoms with Crippen LogP contribution in [0.1, 0.15) is 23.5 Å². The molecule has 0 aliphatic carbocycles. The first-order valence-electron chi connectivity index (χ1n) is 12.4. The maximum absolute atomic E-state index is 13.4. The standard InChI is InChI=1S/C30H29N3O3/c34-30(31-26-13-14-32(19-26)18-22-11-12-23-6-1-2-7-24(23)16-22)33(20-27-9-5-15-35-27)21-28-17-25-8-3-4-10-29(25)36-28/h1-12,15-17,26H,13-14,18-21H2,(H,31,34). The van der Waals surface area contributed by atoms with Crippen LogP contribution in [0, 0.1) is 0 Å². The van der Waals surface area contributed by atoms with Gasteiger partial charge in [0.15, 0.2) is 0 Å². The Kier molecular flexibility index (Phi) is 6.18. The molecular weight excluding hydrogens is 450 g/mol. The highest BCUT2D eigenvalue weighted by atomic mass is 16.3. The average Bonchev–Trinajstić information content (AvgIpc) is 3.65. The largest absolute Gasteiger partial charge is 0.467 e. The highest BCUT2D eigenvalue weighted by molar-refractivity contribution is 5.83. The monoisotopic (exact) mass is 479 g/mol. The van der Waals surface area contributed by atoms with Crippen LogP contribution in [0.15, 0.2) is 100 Å². The van der Waals surface area contributed by atoms with Gasteiger partial charge in [0.25, 0.3) is 0 Å². The number of nitrogens with one attached hydrogen (secondary N) is 1. The van der Waals surface area contributed by atoms with E-state index in [1.54, 1.807) is 11.2 Å². The zero-order chi connectivity index (χ0) is 24.3. The molecule has 0 saturated carbocycles. The number of carbonyl (C=O) groups excluding carboxylic acids is 1. The third-order valence-corrected chi connectivity index (χ3v) is 6.86. The Morgan fingerprint density at radius 3 is 2.53 bits per heavy atom. The van der Waals surface area contributed by atoms with Gasteiger partial charge in [-0.1, -0.05) is 54.6 Å². The summed E-state index contributed by atoms with van der Waals surface area (Å²) in [6.07, 6.45) is 2.56. The maximum Gasteiger partial charge on any atom is 0.318 e. The summed E-state index contributed by atoms with van der Waals surface area (Å²) in [5.74, 6) is 1.49. The van der Waals surface area contributed by atoms with Crippen molar-refractivity contribution in [2.24, 2.45) is 0 Å². The van der Waals surface area contributed by atoms with Crippen LogP contribution in [0.25, 0.3) is 21.7 Å². The zero-order valence-electron chi connectivity index (χ0n) is 20.1. The quantitative estimate of drug-likeness (QED) is 0.303. The lowest BCUT2D eigenvalue weighted by Gasteiger charge is -2.24. The summed E-state index contributed by atoms with van der Waals surface area (Å²) in [7, 11) is 0. The smallest absolute Gasteiger partial charge is 0.318 e. The first kappa shape index (κ1) is 22.4. The molecule has 0 spiro atoms. The Morgan fingerprint density at radius 2 is 1.69 bits per heavy atom. The fourth-order valence-electron chi connectivity index (χ4n) is 5.05. The van der Waals surface area contributed by atoms with Gasteiger partial charge in [0.05, 0.1) is 19.4 Å². The van der Waals surface area contributed by atoms with Crippen molar-refractivity contribution in [1.29, 1.82) is 0 Å². The second-order valence-electron chi connectivity index (χ2n) is 9.54. The lowest BCUT2D eigenvalue weighted by molar-refractivity contribution is 0.178. The normalized spacial score (nSPS) is 16.1. The number of amides is 2. The van der Waals surface area contributed by atoms with Crippen molar-refractivity contribution in [3.8, 4) is 0 Å². The lowest BCUT2D eigenvalue weighted by Crippen LogP contribution is -2.45. The Hall–Kier alpha value is -4.03. The summed E-state index contributed by atoms with van der Waals surface area (Å²) >= 11 is 0. The molecule has 3 heterocycles. The van der Waals surface area contributed by atoms with Gasteiger partial charge in [-0.3, -0.25) is 4.90 Å². The molecule has 6 nitrogen and oxygen atoms in total. The van der Waals surface area contributed by atoms with Crippen molar-refractivity contribution in [3.63, 3.8) is 0 Å². The first-order valence-corrected chi connectivity index (χ1v) is 12.4. The van der Waals surface area contributed by atoms with Crippen molar-refractivity contribution in [3.05, 3.63) is 108 Å². The van der Waals surface area contributed by atoms with Crippen LogP contribution in [0.2, 0.25) is 0 Å². The second kappa shape index (κ2) is 9.91. The van der Waals surface area contributed by atoms with Crippen LogP contribution in [0.5, 0.6) is 0 Å². The van der Waals surface area contributed by atoms with E-state index in [4.69, 9.17) is 8.83 Å². The van der Waals surface area contributed by atoms with Gasteiger partial charge < -0.3 is 19.1 Å². The van der Waals surface area contributed by atoms with Gasteiger partial charge in [0, 0.05) is 31.1 Å². The zero-order valence-corrected chi connectivity index (χ0v) is 20.1. The number of hydrogen-bond acceptors (Lipinski definition) is 4. The van der Waals surface area contributed by atoms with Gasteiger partial charge in [-0.25, -0.2) is 4.79 Å². The van der Waals surface area contributed by atoms with Crippen molar-refractivity contribution in [2.45, 2.75) is 32.1 Å². The van der Waals surface area contributed by atoms with Crippen LogP contribution in [0.3, 0.4) is 0 Å². The molecule has 36 heavy (non-hydrogen) atoms. The van der Waals surface area contributed by atoms with E-state index in [0.717, 1.165) is 48.5 Å². The molecule has 0 radical (unpaired) electrons. The number of hydrogen-bond donors (Lipinski definition) is 1. The summed E-state index contributed by atoms with van der Waals surface area (Å²) < 4.78 is 11.5. The molecule has 1 N–H and O–H groups in total. The van der Waals surface area contributed by atoms with E-state index in [1.165, 1.54) is 16.3 Å². The summed E-state index contributed by atoms with van der Waals surface area (Å²) in [6, 6.07) is 28.7. The number of rotatable bonds is 7. The van der Waals surface area contributed by atoms with Gasteiger partial charge in [0.1, 0.15) is 17.1 Å². The number of likely N-dealkylation sites (tertiary alicyclic amines) is 1. The predicted octanol–water partition coefficient (Wildman–Crippen LogP) is 6.17. The fourth-order valence-corrected chi connectivity index (χ4v) is 5.05. The Morgan fingerprint density at radius 1 is 0.889 bits per heavy atom. The van der Waals surface area contributed by atoms with Gasteiger partial charge in [-0.15, -0.1) is 0 Å². The van der Waals surface area contributed by atoms with Crippen LogP contribution >= 0.6 is 0 Å². The summed E-state index contributed by atoms with van der Waals surface area (Å²) in [4.78, 5) is 17.5. The molecule has 1 unspecified atom stereocenters. The number of urea groups is 1. The average molecular weight is 480 g/mol. The fraction of sp³-hybridized carbons (Fsp3) is 0.233. The maximum atomic E-state index is 13.4. The van der Waals surface area contributed by atoms with Crippen molar-refractivity contribution in [1.82, 2.24) is 15.1 Å². The molecule has 1 aliphatic heterocycles. The Balaban J connectivity index is 1.11. The molecule has 6 heteroatoms. The molecular formula is C30H29N3O3. The van der Waals surface area contributed by atoms with E-state index in [9.17, 15) is 4.79 Å². The van der Waals surface area contributed by atoms with Crippen LogP contribution in [-0.2, 0) is 19.6 Å². The summed E-state index contributed by atoms with van der Waals surface area (Å²) in [5, 5.41) is 6.81. The third kappa shape index (κ3) is 4.99. The molecule has 1 fully saturated rings. The third-order valence-electron chi connectivity index (χ3n) is 6.86. The summed E-state index contributed by atoms with van der Waals surface area (Å²) in [5.41, 5.74) is 2.12. The van der Waals surface area contributed by atoms with E-state index in [1.807, 2.05) is 42.5 Å². The lowest BCUT2D eigenvalue weighted by atomic mass is 10.1. The van der Waals surface area contributed by atoms with Crippen molar-refractivity contribution >= 4 is 27.8 Å². The first-order chi connectivity index (χ1) is 17.7. The number of para-hydroxylation sites is 1. The van der Waals surface area contributed by atoms with E-state index in [2.05, 4.69) is 52.7 Å². The minimum Gasteiger partial charge on any atom is -0.467 e. The second-order valence-corrected chi connectivity index (χ2v) is 9.54. The molecule has 1 saturated heterocycles. The summed E-state index contributed by atoms with van der Waals surface area (Å²) in [6.45, 7) is 3.42. The van der Waals surface area contributed by atoms with Gasteiger partial charge in [0.2, 0.25) is 0 Å². The number of carbonyl (C=O) groups is 1.